The Morgan fingerprint density at radius 3 is 2.43 bits per heavy atom. The van der Waals surface area contributed by atoms with Crippen LogP contribution in [0.15, 0.2) is 18.2 Å². The van der Waals surface area contributed by atoms with Gasteiger partial charge in [-0.25, -0.2) is 4.39 Å². The number of hydrogen-bond acceptors (Lipinski definition) is 1. The van der Waals surface area contributed by atoms with Crippen molar-refractivity contribution in [1.82, 2.24) is 0 Å². The van der Waals surface area contributed by atoms with Crippen LogP contribution in [0.25, 0.3) is 0 Å². The highest BCUT2D eigenvalue weighted by atomic mass is 35.5. The smallest absolute Gasteiger partial charge is 0.141 e. The first-order chi connectivity index (χ1) is 9.76. The van der Waals surface area contributed by atoms with E-state index in [0.717, 1.165) is 31.2 Å². The molecule has 2 rings (SSSR count). The van der Waals surface area contributed by atoms with Crippen molar-refractivity contribution in [1.29, 1.82) is 5.26 Å². The summed E-state index contributed by atoms with van der Waals surface area (Å²) in [7, 11) is 0. The van der Waals surface area contributed by atoms with Gasteiger partial charge in [0.2, 0.25) is 0 Å². The minimum Gasteiger partial charge on any atom is -0.205 e. The normalized spacial score (nSPS) is 26.4. The van der Waals surface area contributed by atoms with E-state index in [4.69, 9.17) is 11.6 Å². The minimum atomic E-state index is -0.400. The zero-order chi connectivity index (χ0) is 15.7. The van der Waals surface area contributed by atoms with Crippen molar-refractivity contribution < 1.29 is 4.39 Å². The van der Waals surface area contributed by atoms with Gasteiger partial charge in [-0.3, -0.25) is 0 Å². The molecule has 0 bridgehead atoms. The zero-order valence-electron chi connectivity index (χ0n) is 13.0. The van der Waals surface area contributed by atoms with E-state index in [2.05, 4.69) is 26.8 Å². The topological polar surface area (TPSA) is 23.8 Å². The lowest BCUT2D eigenvalue weighted by molar-refractivity contribution is 0.120. The van der Waals surface area contributed by atoms with Gasteiger partial charge in [-0.15, -0.1) is 0 Å². The predicted octanol–water partition coefficient (Wildman–Crippen LogP) is 5.77. The van der Waals surface area contributed by atoms with Gasteiger partial charge in [0.1, 0.15) is 5.82 Å². The Hall–Kier alpha value is -1.07. The van der Waals surface area contributed by atoms with Gasteiger partial charge in [0.15, 0.2) is 0 Å². The van der Waals surface area contributed by atoms with E-state index >= 15 is 0 Å². The monoisotopic (exact) mass is 307 g/mol. The molecule has 1 aromatic carbocycles. The third kappa shape index (κ3) is 3.77. The predicted molar refractivity (Wildman–Crippen MR) is 84.6 cm³/mol. The molecule has 0 heterocycles. The maximum Gasteiger partial charge on any atom is 0.141 e. The van der Waals surface area contributed by atoms with Gasteiger partial charge in [0, 0.05) is 0 Å². The Kier molecular flexibility index (Phi) is 4.63. The number of nitriles is 1. The van der Waals surface area contributed by atoms with Crippen LogP contribution in [0.3, 0.4) is 0 Å². The molecule has 0 radical (unpaired) electrons. The highest BCUT2D eigenvalue weighted by Gasteiger charge is 2.39. The summed E-state index contributed by atoms with van der Waals surface area (Å²) >= 11 is 5.85. The van der Waals surface area contributed by atoms with Crippen molar-refractivity contribution in [3.05, 3.63) is 34.6 Å². The van der Waals surface area contributed by atoms with Crippen LogP contribution in [0.2, 0.25) is 5.02 Å². The Morgan fingerprint density at radius 1 is 1.33 bits per heavy atom. The molecule has 3 heteroatoms. The zero-order valence-corrected chi connectivity index (χ0v) is 13.8. The molecule has 1 saturated carbocycles. The number of benzene rings is 1. The van der Waals surface area contributed by atoms with Gasteiger partial charge in [0.25, 0.3) is 0 Å². The molecule has 0 atom stereocenters. The van der Waals surface area contributed by atoms with E-state index in [9.17, 15) is 9.65 Å². The first-order valence-electron chi connectivity index (χ1n) is 7.61. The lowest BCUT2D eigenvalue weighted by atomic mass is 9.63. The van der Waals surface area contributed by atoms with E-state index in [1.165, 1.54) is 6.07 Å². The number of nitrogens with zero attached hydrogens (tertiary/aromatic N) is 1. The summed E-state index contributed by atoms with van der Waals surface area (Å²) < 4.78 is 13.2. The Bertz CT molecular complexity index is 545. The van der Waals surface area contributed by atoms with Crippen LogP contribution in [0.5, 0.6) is 0 Å². The number of halogens is 2. The molecule has 0 aliphatic heterocycles. The van der Waals surface area contributed by atoms with Crippen molar-refractivity contribution in [2.75, 3.05) is 0 Å². The standard InChI is InChI=1S/C18H23ClFN/c1-17(2,3)14-6-8-18(12-21,9-7-14)11-13-4-5-16(20)15(19)10-13/h4-5,10,14H,6-9,11H2,1-3H3. The largest absolute Gasteiger partial charge is 0.205 e. The molecule has 0 aromatic heterocycles. The Labute approximate surface area is 132 Å². The highest BCUT2D eigenvalue weighted by Crippen LogP contribution is 2.46. The fourth-order valence-electron chi connectivity index (χ4n) is 3.40. The van der Waals surface area contributed by atoms with Crippen LogP contribution in [0.1, 0.15) is 52.0 Å². The van der Waals surface area contributed by atoms with Crippen molar-refractivity contribution in [2.45, 2.75) is 52.9 Å². The van der Waals surface area contributed by atoms with Gasteiger partial charge >= 0.3 is 0 Å². The van der Waals surface area contributed by atoms with E-state index in [0.29, 0.717) is 17.8 Å². The van der Waals surface area contributed by atoms with Crippen LogP contribution < -0.4 is 0 Å². The fourth-order valence-corrected chi connectivity index (χ4v) is 3.61. The van der Waals surface area contributed by atoms with Crippen LogP contribution in [-0.4, -0.2) is 0 Å². The summed E-state index contributed by atoms with van der Waals surface area (Å²) in [5.41, 5.74) is 0.945. The Morgan fingerprint density at radius 2 is 1.95 bits per heavy atom. The van der Waals surface area contributed by atoms with Crippen LogP contribution in [0, 0.1) is 33.9 Å². The van der Waals surface area contributed by atoms with Gasteiger partial charge in [-0.05, 0) is 61.1 Å². The van der Waals surface area contributed by atoms with E-state index in [1.54, 1.807) is 12.1 Å². The molecule has 1 aliphatic carbocycles. The van der Waals surface area contributed by atoms with Crippen molar-refractivity contribution >= 4 is 11.6 Å². The number of rotatable bonds is 2. The summed E-state index contributed by atoms with van der Waals surface area (Å²) in [5, 5.41) is 9.80. The van der Waals surface area contributed by atoms with Crippen LogP contribution >= 0.6 is 11.6 Å². The average molecular weight is 308 g/mol. The molecule has 0 unspecified atom stereocenters. The molecule has 1 aromatic rings. The average Bonchev–Trinajstić information content (AvgIpc) is 2.42. The third-order valence-electron chi connectivity index (χ3n) is 4.93. The van der Waals surface area contributed by atoms with Gasteiger partial charge in [-0.1, -0.05) is 38.4 Å². The van der Waals surface area contributed by atoms with E-state index in [1.807, 2.05) is 0 Å². The molecule has 1 nitrogen and oxygen atoms in total. The van der Waals surface area contributed by atoms with Gasteiger partial charge in [0.05, 0.1) is 16.5 Å². The summed E-state index contributed by atoms with van der Waals surface area (Å²) in [5.74, 6) is 0.277. The molecule has 1 aliphatic rings. The third-order valence-corrected chi connectivity index (χ3v) is 5.22. The Balaban J connectivity index is 2.10. The molecule has 114 valence electrons. The van der Waals surface area contributed by atoms with Gasteiger partial charge in [-0.2, -0.15) is 5.26 Å². The SMILES string of the molecule is CC(C)(C)C1CCC(C#N)(Cc2ccc(F)c(Cl)c2)CC1. The lowest BCUT2D eigenvalue weighted by Crippen LogP contribution is -2.33. The highest BCUT2D eigenvalue weighted by molar-refractivity contribution is 6.30. The fraction of sp³-hybridized carbons (Fsp3) is 0.611. The molecule has 21 heavy (non-hydrogen) atoms. The molecule has 0 N–H and O–H groups in total. The van der Waals surface area contributed by atoms with Gasteiger partial charge < -0.3 is 0 Å². The maximum atomic E-state index is 13.2. The van der Waals surface area contributed by atoms with Crippen LogP contribution in [0.4, 0.5) is 4.39 Å². The second-order valence-corrected chi connectivity index (χ2v) is 7.86. The molecular formula is C18H23ClFN. The first kappa shape index (κ1) is 16.3. The van der Waals surface area contributed by atoms with E-state index < -0.39 is 5.82 Å². The quantitative estimate of drug-likeness (QED) is 0.680. The van der Waals surface area contributed by atoms with E-state index in [-0.39, 0.29) is 10.4 Å². The second kappa shape index (κ2) is 5.97. The summed E-state index contributed by atoms with van der Waals surface area (Å²) in [6.07, 6.45) is 4.68. The van der Waals surface area contributed by atoms with Crippen molar-refractivity contribution in [3.63, 3.8) is 0 Å². The molecule has 0 amide bonds. The minimum absolute atomic E-state index is 0.143. The van der Waals surface area contributed by atoms with Crippen molar-refractivity contribution in [3.8, 4) is 6.07 Å². The molecule has 1 fully saturated rings. The number of hydrogen-bond donors (Lipinski definition) is 0. The summed E-state index contributed by atoms with van der Waals surface area (Å²) in [4.78, 5) is 0. The second-order valence-electron chi connectivity index (χ2n) is 7.46. The molecular weight excluding hydrogens is 285 g/mol. The summed E-state index contributed by atoms with van der Waals surface area (Å²) in [6, 6.07) is 7.33. The van der Waals surface area contributed by atoms with Crippen LogP contribution in [-0.2, 0) is 6.42 Å². The molecule has 0 spiro atoms. The molecule has 0 saturated heterocycles. The lowest BCUT2D eigenvalue weighted by Gasteiger charge is -2.40. The van der Waals surface area contributed by atoms with Crippen molar-refractivity contribution in [2.24, 2.45) is 16.7 Å². The first-order valence-corrected chi connectivity index (χ1v) is 7.99. The summed E-state index contributed by atoms with van der Waals surface area (Å²) in [6.45, 7) is 6.82. The maximum absolute atomic E-state index is 13.2.